The molecule has 0 nitrogen and oxygen atoms in total. The second-order valence-electron chi connectivity index (χ2n) is 7.12. The first-order chi connectivity index (χ1) is 12.7. The first kappa shape index (κ1) is 15.5. The average Bonchev–Trinajstić information content (AvgIpc) is 3.33. The van der Waals surface area contributed by atoms with Gasteiger partial charge < -0.3 is 0 Å². The topological polar surface area (TPSA) is 0 Å². The zero-order chi connectivity index (χ0) is 17.3. The molecule has 0 radical (unpaired) electrons. The quantitative estimate of drug-likeness (QED) is 0.190. The molecule has 6 rings (SSSR count). The van der Waals surface area contributed by atoms with Crippen LogP contribution in [0.15, 0.2) is 66.8 Å². The number of benzene rings is 3. The van der Waals surface area contributed by atoms with Crippen molar-refractivity contribution >= 4 is 80.5 Å². The van der Waals surface area contributed by atoms with Crippen LogP contribution < -0.4 is 0 Å². The van der Waals surface area contributed by atoms with Gasteiger partial charge >= 0.3 is 169 Å². The summed E-state index contributed by atoms with van der Waals surface area (Å²) < 4.78 is 6.30. The van der Waals surface area contributed by atoms with Crippen molar-refractivity contribution in [1.82, 2.24) is 0 Å². The van der Waals surface area contributed by atoms with Crippen LogP contribution in [0.1, 0.15) is 14.4 Å². The molecule has 26 heavy (non-hydrogen) atoms. The van der Waals surface area contributed by atoms with Crippen LogP contribution in [0.3, 0.4) is 0 Å². The van der Waals surface area contributed by atoms with Gasteiger partial charge in [0.05, 0.1) is 0 Å². The predicted molar refractivity (Wildman–Crippen MR) is 117 cm³/mol. The van der Waals surface area contributed by atoms with Gasteiger partial charge in [0.15, 0.2) is 0 Å². The van der Waals surface area contributed by atoms with Crippen molar-refractivity contribution in [3.05, 3.63) is 74.8 Å². The summed E-state index contributed by atoms with van der Waals surface area (Å²) >= 11 is 0.321. The fraction of sp³-hybridized carbons (Fsp3) is 0.0833. The van der Waals surface area contributed by atoms with Crippen molar-refractivity contribution in [2.75, 3.05) is 0 Å². The Hall–Kier alpha value is -1.55. The zero-order valence-corrected chi connectivity index (χ0v) is 18.4. The van der Waals surface area contributed by atoms with Crippen LogP contribution in [-0.2, 0) is 0 Å². The van der Waals surface area contributed by atoms with Gasteiger partial charge in [-0.1, -0.05) is 0 Å². The summed E-state index contributed by atoms with van der Waals surface area (Å²) in [4.78, 5) is 0. The molecule has 0 amide bonds. The van der Waals surface area contributed by atoms with E-state index in [1.54, 1.807) is 11.4 Å². The summed E-state index contributed by atoms with van der Waals surface area (Å²) in [7, 11) is 0. The van der Waals surface area contributed by atoms with Gasteiger partial charge in [0.25, 0.3) is 0 Å². The Labute approximate surface area is 167 Å². The molecule has 0 fully saturated rings. The Morgan fingerprint density at radius 3 is 2.31 bits per heavy atom. The number of allylic oxidation sites excluding steroid dienone is 4. The first-order valence-electron chi connectivity index (χ1n) is 8.90. The SMILES string of the molecule is Cc1cc2cc3cc4cc5[se]c(C6=CC=CC6)cc5cc4cc3cc2[te]1. The molecule has 2 heterocycles. The van der Waals surface area contributed by atoms with E-state index < -0.39 is 0 Å². The summed E-state index contributed by atoms with van der Waals surface area (Å²) in [6.45, 7) is 2.29. The van der Waals surface area contributed by atoms with Gasteiger partial charge in [0.2, 0.25) is 0 Å². The van der Waals surface area contributed by atoms with Crippen LogP contribution in [-0.4, -0.2) is 34.9 Å². The molecule has 124 valence electrons. The molecule has 2 heteroatoms. The Bertz CT molecular complexity index is 1320. The molecule has 0 aliphatic heterocycles. The van der Waals surface area contributed by atoms with Crippen molar-refractivity contribution < 1.29 is 0 Å². The second-order valence-corrected chi connectivity index (χ2v) is 13.1. The number of hydrogen-bond acceptors (Lipinski definition) is 0. The van der Waals surface area contributed by atoms with Gasteiger partial charge in [-0.05, 0) is 0 Å². The van der Waals surface area contributed by atoms with Crippen molar-refractivity contribution in [1.29, 1.82) is 0 Å². The third-order valence-electron chi connectivity index (χ3n) is 5.28. The van der Waals surface area contributed by atoms with Crippen LogP contribution in [0.4, 0.5) is 0 Å². The van der Waals surface area contributed by atoms with Crippen LogP contribution in [0.25, 0.3) is 45.6 Å². The van der Waals surface area contributed by atoms with Crippen molar-refractivity contribution in [2.45, 2.75) is 13.3 Å². The molecule has 0 atom stereocenters. The normalized spacial score (nSPS) is 14.3. The van der Waals surface area contributed by atoms with Gasteiger partial charge in [0, 0.05) is 0 Å². The number of hydrogen-bond donors (Lipinski definition) is 0. The fourth-order valence-corrected chi connectivity index (χ4v) is 9.08. The molecular formula is C24H16SeTe. The van der Waals surface area contributed by atoms with E-state index in [1.807, 2.05) is 0 Å². The molecule has 3 aromatic carbocycles. The fourth-order valence-electron chi connectivity index (χ4n) is 4.00. The summed E-state index contributed by atoms with van der Waals surface area (Å²) in [5, 5.41) is 8.46. The van der Waals surface area contributed by atoms with Gasteiger partial charge in [-0.25, -0.2) is 0 Å². The minimum absolute atomic E-state index is 0.123. The van der Waals surface area contributed by atoms with Gasteiger partial charge in [-0.15, -0.1) is 0 Å². The molecule has 5 aromatic rings. The third-order valence-corrected chi connectivity index (χ3v) is 10.6. The van der Waals surface area contributed by atoms with Crippen LogP contribution in [0, 0.1) is 6.92 Å². The van der Waals surface area contributed by atoms with Gasteiger partial charge in [0.1, 0.15) is 0 Å². The van der Waals surface area contributed by atoms with Crippen LogP contribution in [0.2, 0.25) is 0 Å². The predicted octanol–water partition coefficient (Wildman–Crippen LogP) is 6.07. The van der Waals surface area contributed by atoms with Crippen molar-refractivity contribution in [3.63, 3.8) is 0 Å². The van der Waals surface area contributed by atoms with E-state index in [4.69, 9.17) is 0 Å². The Morgan fingerprint density at radius 1 is 0.769 bits per heavy atom. The maximum atomic E-state index is 2.45. The molecular weight excluding hydrogens is 495 g/mol. The van der Waals surface area contributed by atoms with Crippen LogP contribution in [0.5, 0.6) is 0 Å². The average molecular weight is 511 g/mol. The summed E-state index contributed by atoms with van der Waals surface area (Å²) in [6.07, 6.45) is 7.84. The van der Waals surface area contributed by atoms with E-state index in [0.29, 0.717) is 14.5 Å². The summed E-state index contributed by atoms with van der Waals surface area (Å²) in [5.74, 6) is 0. The second kappa shape index (κ2) is 5.72. The minimum atomic E-state index is -0.123. The monoisotopic (exact) mass is 514 g/mol. The van der Waals surface area contributed by atoms with E-state index in [-0.39, 0.29) is 20.4 Å². The third kappa shape index (κ3) is 2.41. The molecule has 0 N–H and O–H groups in total. The van der Waals surface area contributed by atoms with Crippen molar-refractivity contribution in [3.8, 4) is 0 Å². The molecule has 0 unspecified atom stereocenters. The molecule has 0 saturated heterocycles. The van der Waals surface area contributed by atoms with Crippen molar-refractivity contribution in [2.24, 2.45) is 0 Å². The van der Waals surface area contributed by atoms with Gasteiger partial charge in [-0.3, -0.25) is 0 Å². The van der Waals surface area contributed by atoms with E-state index in [2.05, 4.69) is 73.7 Å². The number of rotatable bonds is 1. The molecule has 1 aliphatic carbocycles. The molecule has 0 bridgehead atoms. The number of aryl methyl sites for hydroxylation is 1. The Kier molecular flexibility index (Phi) is 3.41. The molecule has 0 saturated carbocycles. The Balaban J connectivity index is 1.61. The number of fused-ring (bicyclic) bond motifs is 4. The van der Waals surface area contributed by atoms with E-state index in [0.717, 1.165) is 6.42 Å². The van der Waals surface area contributed by atoms with Gasteiger partial charge in [-0.2, -0.15) is 0 Å². The van der Waals surface area contributed by atoms with Crippen LogP contribution >= 0.6 is 0 Å². The summed E-state index contributed by atoms with van der Waals surface area (Å²) in [5.41, 5.74) is 1.51. The Morgan fingerprint density at radius 2 is 1.50 bits per heavy atom. The molecule has 2 aromatic heterocycles. The van der Waals surface area contributed by atoms with E-state index in [9.17, 15) is 0 Å². The standard InChI is InChI=1S/C24H16SeTe/c1-14-6-21-10-17-7-18-11-23-20(12-22(25-23)15-4-2-3-5-15)9-16(18)8-19(17)13-24(21)26-14/h2-4,6-13H,5H2,1H3. The van der Waals surface area contributed by atoms with E-state index >= 15 is 0 Å². The zero-order valence-electron chi connectivity index (χ0n) is 14.4. The van der Waals surface area contributed by atoms with E-state index in [1.165, 1.54) is 42.2 Å². The first-order valence-corrected chi connectivity index (χ1v) is 12.9. The summed E-state index contributed by atoms with van der Waals surface area (Å²) in [6, 6.07) is 19.3. The molecule has 0 spiro atoms. The maximum absolute atomic E-state index is 2.45. The molecule has 1 aliphatic rings.